The summed E-state index contributed by atoms with van der Waals surface area (Å²) in [5.41, 5.74) is 1.53. The smallest absolute Gasteiger partial charge is 0.224 e. The van der Waals surface area contributed by atoms with Crippen molar-refractivity contribution in [1.29, 1.82) is 0 Å². The summed E-state index contributed by atoms with van der Waals surface area (Å²) in [5.74, 6) is 0.0551. The summed E-state index contributed by atoms with van der Waals surface area (Å²) in [5, 5.41) is 5.72. The van der Waals surface area contributed by atoms with Crippen LogP contribution >= 0.6 is 0 Å². The molecule has 0 bridgehead atoms. The number of carbonyl (C=O) groups excluding carboxylic acids is 2. The number of unbranched alkanes of at least 4 members (excludes halogenated alkanes) is 10. The third-order valence-electron chi connectivity index (χ3n) is 4.78. The Hall–Kier alpha value is -1.84. The van der Waals surface area contributed by atoms with Gasteiger partial charge in [-0.2, -0.15) is 0 Å². The van der Waals surface area contributed by atoms with Crippen LogP contribution in [0, 0.1) is 0 Å². The first-order valence-corrected chi connectivity index (χ1v) is 10.9. The van der Waals surface area contributed by atoms with Gasteiger partial charge in [-0.05, 0) is 30.7 Å². The molecule has 2 N–H and O–H groups in total. The number of rotatable bonds is 15. The predicted octanol–water partition coefficient (Wildman–Crippen LogP) is 6.67. The van der Waals surface area contributed by atoms with Crippen molar-refractivity contribution in [1.82, 2.24) is 0 Å². The lowest BCUT2D eigenvalue weighted by Gasteiger charge is -2.07. The number of amides is 2. The van der Waals surface area contributed by atoms with Crippen LogP contribution < -0.4 is 10.6 Å². The van der Waals surface area contributed by atoms with E-state index in [9.17, 15) is 9.59 Å². The zero-order valence-corrected chi connectivity index (χ0v) is 17.3. The van der Waals surface area contributed by atoms with E-state index in [4.69, 9.17) is 0 Å². The minimum atomic E-state index is -0.0109. The Morgan fingerprint density at radius 3 is 1.48 bits per heavy atom. The SMILES string of the molecule is CCCCCCCCCCCCCC(=O)Nc1ccc(NC(=O)CC)cc1. The number of hydrogen-bond donors (Lipinski definition) is 2. The summed E-state index contributed by atoms with van der Waals surface area (Å²) < 4.78 is 0. The number of anilines is 2. The summed E-state index contributed by atoms with van der Waals surface area (Å²) in [6.45, 7) is 4.07. The molecule has 0 spiro atoms. The first-order chi connectivity index (χ1) is 13.2. The van der Waals surface area contributed by atoms with Gasteiger partial charge >= 0.3 is 0 Å². The van der Waals surface area contributed by atoms with E-state index in [-0.39, 0.29) is 11.8 Å². The second-order valence-corrected chi connectivity index (χ2v) is 7.31. The van der Waals surface area contributed by atoms with Gasteiger partial charge < -0.3 is 10.6 Å². The molecule has 0 aromatic heterocycles. The lowest BCUT2D eigenvalue weighted by molar-refractivity contribution is -0.117. The van der Waals surface area contributed by atoms with Crippen LogP contribution in [0.15, 0.2) is 24.3 Å². The van der Waals surface area contributed by atoms with E-state index in [2.05, 4.69) is 17.6 Å². The van der Waals surface area contributed by atoms with E-state index >= 15 is 0 Å². The van der Waals surface area contributed by atoms with Gasteiger partial charge in [-0.15, -0.1) is 0 Å². The molecule has 4 nitrogen and oxygen atoms in total. The fourth-order valence-electron chi connectivity index (χ4n) is 3.06. The van der Waals surface area contributed by atoms with E-state index in [0.29, 0.717) is 12.8 Å². The monoisotopic (exact) mass is 374 g/mol. The molecule has 4 heteroatoms. The number of nitrogens with one attached hydrogen (secondary N) is 2. The Labute approximate surface area is 165 Å². The Balaban J connectivity index is 2.03. The molecule has 0 saturated heterocycles. The number of hydrogen-bond acceptors (Lipinski definition) is 2. The minimum absolute atomic E-state index is 0.0109. The van der Waals surface area contributed by atoms with E-state index in [1.165, 1.54) is 57.8 Å². The van der Waals surface area contributed by atoms with E-state index in [1.807, 2.05) is 31.2 Å². The highest BCUT2D eigenvalue weighted by Gasteiger charge is 2.03. The summed E-state index contributed by atoms with van der Waals surface area (Å²) in [7, 11) is 0. The number of carbonyl (C=O) groups is 2. The Morgan fingerprint density at radius 2 is 1.04 bits per heavy atom. The first kappa shape index (κ1) is 23.2. The molecule has 1 aromatic rings. The molecule has 0 unspecified atom stereocenters. The molecule has 0 aliphatic heterocycles. The summed E-state index contributed by atoms with van der Waals surface area (Å²) in [6, 6.07) is 7.27. The molecule has 2 amide bonds. The topological polar surface area (TPSA) is 58.2 Å². The quantitative estimate of drug-likeness (QED) is 0.337. The molecule has 1 aromatic carbocycles. The molecular weight excluding hydrogens is 336 g/mol. The Kier molecular flexibility index (Phi) is 13.1. The largest absolute Gasteiger partial charge is 0.326 e. The summed E-state index contributed by atoms with van der Waals surface area (Å²) >= 11 is 0. The van der Waals surface area contributed by atoms with Crippen LogP contribution in [0.4, 0.5) is 11.4 Å². The summed E-state index contributed by atoms with van der Waals surface area (Å²) in [4.78, 5) is 23.3. The van der Waals surface area contributed by atoms with Crippen molar-refractivity contribution < 1.29 is 9.59 Å². The Morgan fingerprint density at radius 1 is 0.630 bits per heavy atom. The van der Waals surface area contributed by atoms with E-state index in [0.717, 1.165) is 24.2 Å². The van der Waals surface area contributed by atoms with Crippen LogP contribution in [-0.4, -0.2) is 11.8 Å². The molecule has 1 rings (SSSR count). The average Bonchev–Trinajstić information content (AvgIpc) is 2.67. The van der Waals surface area contributed by atoms with E-state index < -0.39 is 0 Å². The van der Waals surface area contributed by atoms with Crippen LogP contribution in [0.25, 0.3) is 0 Å². The van der Waals surface area contributed by atoms with Gasteiger partial charge in [-0.1, -0.05) is 78.1 Å². The minimum Gasteiger partial charge on any atom is -0.326 e. The van der Waals surface area contributed by atoms with Crippen LogP contribution in [0.2, 0.25) is 0 Å². The van der Waals surface area contributed by atoms with Crippen LogP contribution in [-0.2, 0) is 9.59 Å². The van der Waals surface area contributed by atoms with Crippen molar-refractivity contribution >= 4 is 23.2 Å². The first-order valence-electron chi connectivity index (χ1n) is 10.9. The lowest BCUT2D eigenvalue weighted by atomic mass is 10.1. The highest BCUT2D eigenvalue weighted by molar-refractivity contribution is 5.92. The fraction of sp³-hybridized carbons (Fsp3) is 0.652. The zero-order valence-electron chi connectivity index (χ0n) is 17.3. The molecule has 0 aliphatic carbocycles. The molecular formula is C23H38N2O2. The zero-order chi connectivity index (χ0) is 19.7. The standard InChI is InChI=1S/C23H38N2O2/c1-3-5-6-7-8-9-10-11-12-13-14-15-23(27)25-21-18-16-20(17-19-21)24-22(26)4-2/h16-19H,3-15H2,1-2H3,(H,24,26)(H,25,27). The maximum absolute atomic E-state index is 12.0. The van der Waals surface area contributed by atoms with Crippen LogP contribution in [0.1, 0.15) is 97.3 Å². The maximum atomic E-state index is 12.0. The molecule has 0 radical (unpaired) electrons. The second-order valence-electron chi connectivity index (χ2n) is 7.31. The molecule has 0 atom stereocenters. The predicted molar refractivity (Wildman–Crippen MR) is 115 cm³/mol. The van der Waals surface area contributed by atoms with Crippen molar-refractivity contribution in [2.45, 2.75) is 97.3 Å². The lowest BCUT2D eigenvalue weighted by Crippen LogP contribution is -2.12. The van der Waals surface area contributed by atoms with Crippen molar-refractivity contribution in [3.05, 3.63) is 24.3 Å². The molecule has 0 heterocycles. The molecule has 0 aliphatic rings. The maximum Gasteiger partial charge on any atom is 0.224 e. The Bertz CT molecular complexity index is 526. The highest BCUT2D eigenvalue weighted by Crippen LogP contribution is 2.15. The van der Waals surface area contributed by atoms with Gasteiger partial charge in [0.2, 0.25) is 11.8 Å². The average molecular weight is 375 g/mol. The normalized spacial score (nSPS) is 10.6. The third-order valence-corrected chi connectivity index (χ3v) is 4.78. The van der Waals surface area contributed by atoms with Gasteiger partial charge in [0.25, 0.3) is 0 Å². The molecule has 0 saturated carbocycles. The fourth-order valence-corrected chi connectivity index (χ4v) is 3.06. The molecule has 152 valence electrons. The second kappa shape index (κ2) is 15.2. The van der Waals surface area contributed by atoms with Gasteiger partial charge in [0.1, 0.15) is 0 Å². The summed E-state index contributed by atoms with van der Waals surface area (Å²) in [6.07, 6.45) is 15.2. The molecule has 27 heavy (non-hydrogen) atoms. The van der Waals surface area contributed by atoms with Crippen molar-refractivity contribution in [2.24, 2.45) is 0 Å². The van der Waals surface area contributed by atoms with E-state index in [1.54, 1.807) is 0 Å². The molecule has 0 fully saturated rings. The van der Waals surface area contributed by atoms with Crippen LogP contribution in [0.3, 0.4) is 0 Å². The van der Waals surface area contributed by atoms with Gasteiger partial charge in [0, 0.05) is 24.2 Å². The highest BCUT2D eigenvalue weighted by atomic mass is 16.2. The van der Waals surface area contributed by atoms with Gasteiger partial charge in [0.15, 0.2) is 0 Å². The number of benzene rings is 1. The van der Waals surface area contributed by atoms with Gasteiger partial charge in [-0.3, -0.25) is 9.59 Å². The van der Waals surface area contributed by atoms with Gasteiger partial charge in [0.05, 0.1) is 0 Å². The van der Waals surface area contributed by atoms with Crippen molar-refractivity contribution in [3.63, 3.8) is 0 Å². The third kappa shape index (κ3) is 12.2. The van der Waals surface area contributed by atoms with Crippen molar-refractivity contribution in [2.75, 3.05) is 10.6 Å². The van der Waals surface area contributed by atoms with Gasteiger partial charge in [-0.25, -0.2) is 0 Å². The van der Waals surface area contributed by atoms with Crippen molar-refractivity contribution in [3.8, 4) is 0 Å². The van der Waals surface area contributed by atoms with Crippen LogP contribution in [0.5, 0.6) is 0 Å².